The molecule has 2 amide bonds. The fourth-order valence-electron chi connectivity index (χ4n) is 4.41. The van der Waals surface area contributed by atoms with Crippen molar-refractivity contribution < 1.29 is 36.7 Å². The molecule has 35 heavy (non-hydrogen) atoms. The Morgan fingerprint density at radius 2 is 2.09 bits per heavy atom. The largest absolute Gasteiger partial charge is 0.434 e. The SMILES string of the molecule is CCCC(NC(=O)Oc1ccco1)C(=O)N1CCC2C1C(=O)CN2S(=O)(=O)C(=O)c1cccnc1. The Kier molecular flexibility index (Phi) is 6.98. The van der Waals surface area contributed by atoms with Crippen molar-refractivity contribution in [2.24, 2.45) is 0 Å². The fraction of sp³-hybridized carbons (Fsp3) is 0.409. The molecule has 13 heteroatoms. The van der Waals surface area contributed by atoms with Gasteiger partial charge in [-0.1, -0.05) is 13.3 Å². The summed E-state index contributed by atoms with van der Waals surface area (Å²) in [6.07, 6.45) is 3.98. The van der Waals surface area contributed by atoms with Crippen LogP contribution in [0.15, 0.2) is 47.3 Å². The van der Waals surface area contributed by atoms with Crippen LogP contribution in [-0.2, 0) is 19.6 Å². The molecule has 2 aliphatic rings. The van der Waals surface area contributed by atoms with Gasteiger partial charge in [-0.05, 0) is 31.0 Å². The monoisotopic (exact) mass is 504 g/mol. The summed E-state index contributed by atoms with van der Waals surface area (Å²) in [6.45, 7) is 1.41. The molecule has 2 aromatic heterocycles. The first-order valence-electron chi connectivity index (χ1n) is 11.0. The van der Waals surface area contributed by atoms with E-state index in [1.54, 1.807) is 0 Å². The molecule has 4 rings (SSSR count). The van der Waals surface area contributed by atoms with E-state index in [-0.39, 0.29) is 30.9 Å². The van der Waals surface area contributed by atoms with Crippen LogP contribution in [0, 0.1) is 0 Å². The number of carbonyl (C=O) groups excluding carboxylic acids is 4. The molecule has 0 aliphatic carbocycles. The van der Waals surface area contributed by atoms with Crippen LogP contribution in [0.4, 0.5) is 4.79 Å². The van der Waals surface area contributed by atoms with Crippen molar-refractivity contribution in [2.45, 2.75) is 44.3 Å². The number of ketones is 1. The maximum absolute atomic E-state index is 13.3. The van der Waals surface area contributed by atoms with E-state index in [4.69, 9.17) is 9.15 Å². The maximum atomic E-state index is 13.3. The van der Waals surface area contributed by atoms with Crippen molar-refractivity contribution in [3.8, 4) is 5.95 Å². The summed E-state index contributed by atoms with van der Waals surface area (Å²) in [7, 11) is -4.51. The Labute approximate surface area is 201 Å². The number of hydrogen-bond donors (Lipinski definition) is 1. The predicted molar refractivity (Wildman–Crippen MR) is 120 cm³/mol. The molecule has 3 unspecified atom stereocenters. The first-order valence-corrected chi connectivity index (χ1v) is 12.5. The number of sulfonamides is 1. The van der Waals surface area contributed by atoms with Gasteiger partial charge in [0.15, 0.2) is 5.78 Å². The first kappa shape index (κ1) is 24.5. The van der Waals surface area contributed by atoms with Crippen LogP contribution >= 0.6 is 0 Å². The summed E-state index contributed by atoms with van der Waals surface area (Å²) in [5.41, 5.74) is -0.114. The number of aromatic nitrogens is 1. The molecule has 2 aliphatic heterocycles. The van der Waals surface area contributed by atoms with E-state index in [2.05, 4.69) is 10.3 Å². The Morgan fingerprint density at radius 1 is 1.29 bits per heavy atom. The van der Waals surface area contributed by atoms with Crippen LogP contribution in [-0.4, -0.2) is 76.7 Å². The van der Waals surface area contributed by atoms with Crippen LogP contribution in [0.3, 0.4) is 0 Å². The summed E-state index contributed by atoms with van der Waals surface area (Å²) >= 11 is 0. The molecule has 2 saturated heterocycles. The highest BCUT2D eigenvalue weighted by atomic mass is 32.2. The van der Waals surface area contributed by atoms with Gasteiger partial charge in [0, 0.05) is 25.0 Å². The van der Waals surface area contributed by atoms with Crippen molar-refractivity contribution >= 4 is 32.9 Å². The third-order valence-electron chi connectivity index (χ3n) is 5.96. The molecule has 0 aromatic carbocycles. The number of carbonyl (C=O) groups is 4. The average molecular weight is 505 g/mol. The zero-order valence-electron chi connectivity index (χ0n) is 18.8. The molecule has 2 aromatic rings. The second-order valence-electron chi connectivity index (χ2n) is 8.19. The lowest BCUT2D eigenvalue weighted by Gasteiger charge is -2.27. The van der Waals surface area contributed by atoms with Gasteiger partial charge in [0.05, 0.1) is 24.4 Å². The molecule has 186 valence electrons. The fourth-order valence-corrected chi connectivity index (χ4v) is 5.92. The molecular weight excluding hydrogens is 480 g/mol. The Bertz CT molecular complexity index is 1220. The summed E-state index contributed by atoms with van der Waals surface area (Å²) in [4.78, 5) is 56.1. The molecule has 0 radical (unpaired) electrons. The highest BCUT2D eigenvalue weighted by Crippen LogP contribution is 2.33. The van der Waals surface area contributed by atoms with Crippen LogP contribution in [0.2, 0.25) is 0 Å². The second kappa shape index (κ2) is 9.96. The van der Waals surface area contributed by atoms with Gasteiger partial charge in [0.25, 0.3) is 21.1 Å². The zero-order valence-corrected chi connectivity index (χ0v) is 19.6. The summed E-state index contributed by atoms with van der Waals surface area (Å²) in [5.74, 6) is -1.06. The summed E-state index contributed by atoms with van der Waals surface area (Å²) in [5, 5.41) is 1.33. The van der Waals surface area contributed by atoms with Gasteiger partial charge in [-0.25, -0.2) is 13.2 Å². The minimum atomic E-state index is -4.51. The van der Waals surface area contributed by atoms with E-state index in [9.17, 15) is 27.6 Å². The minimum Gasteiger partial charge on any atom is -0.434 e. The van der Waals surface area contributed by atoms with Gasteiger partial charge < -0.3 is 19.4 Å². The second-order valence-corrected chi connectivity index (χ2v) is 9.98. The van der Waals surface area contributed by atoms with E-state index in [1.165, 1.54) is 41.6 Å². The molecule has 0 saturated carbocycles. The Balaban J connectivity index is 1.49. The molecule has 3 atom stereocenters. The van der Waals surface area contributed by atoms with E-state index >= 15 is 0 Å². The standard InChI is InChI=1S/C22H24N4O8S/c1-2-5-15(24-22(30)34-18-7-4-11-33-18)20(28)25-10-8-16-19(25)17(27)13-26(16)35(31,32)21(29)14-6-3-9-23-12-14/h3-4,6-7,9,11-12,15-16,19H,2,5,8,10,13H2,1H3,(H,24,30). The van der Waals surface area contributed by atoms with Crippen LogP contribution in [0.25, 0.3) is 0 Å². The van der Waals surface area contributed by atoms with Crippen molar-refractivity contribution in [1.82, 2.24) is 19.5 Å². The van der Waals surface area contributed by atoms with Crippen molar-refractivity contribution in [2.75, 3.05) is 13.1 Å². The summed E-state index contributed by atoms with van der Waals surface area (Å²) in [6, 6.07) is 2.84. The van der Waals surface area contributed by atoms with E-state index < -0.39 is 57.6 Å². The number of furan rings is 1. The van der Waals surface area contributed by atoms with Crippen molar-refractivity contribution in [3.05, 3.63) is 48.5 Å². The van der Waals surface area contributed by atoms with Gasteiger partial charge in [0.2, 0.25) is 5.91 Å². The van der Waals surface area contributed by atoms with Gasteiger partial charge >= 0.3 is 6.09 Å². The van der Waals surface area contributed by atoms with E-state index in [0.29, 0.717) is 6.42 Å². The number of likely N-dealkylation sites (tertiary alicyclic amines) is 1. The quantitative estimate of drug-likeness (QED) is 0.580. The number of nitrogens with one attached hydrogen (secondary N) is 1. The third-order valence-corrected chi connectivity index (χ3v) is 7.68. The molecule has 2 fully saturated rings. The molecular formula is C22H24N4O8S. The zero-order chi connectivity index (χ0) is 25.2. The predicted octanol–water partition coefficient (Wildman–Crippen LogP) is 0.956. The highest BCUT2D eigenvalue weighted by Gasteiger charge is 2.55. The number of pyridine rings is 1. The van der Waals surface area contributed by atoms with Crippen molar-refractivity contribution in [3.63, 3.8) is 0 Å². The van der Waals surface area contributed by atoms with Crippen LogP contribution in [0.5, 0.6) is 5.95 Å². The molecule has 4 heterocycles. The lowest BCUT2D eigenvalue weighted by molar-refractivity contribution is -0.138. The lowest BCUT2D eigenvalue weighted by atomic mass is 10.1. The molecule has 0 bridgehead atoms. The number of hydrogen-bond acceptors (Lipinski definition) is 9. The van der Waals surface area contributed by atoms with Crippen LogP contribution in [0.1, 0.15) is 36.5 Å². The minimum absolute atomic E-state index is 0.0449. The molecule has 12 nitrogen and oxygen atoms in total. The number of amides is 2. The van der Waals surface area contributed by atoms with Gasteiger partial charge in [-0.2, -0.15) is 4.31 Å². The number of rotatable bonds is 7. The maximum Gasteiger partial charge on any atom is 0.415 e. The number of Topliss-reactive ketones (excluding diaryl/α,β-unsaturated/α-hetero) is 1. The number of nitrogens with zero attached hydrogens (tertiary/aromatic N) is 3. The Morgan fingerprint density at radius 3 is 2.74 bits per heavy atom. The Hall–Kier alpha value is -3.58. The van der Waals surface area contributed by atoms with Gasteiger partial charge in [-0.15, -0.1) is 0 Å². The molecule has 0 spiro atoms. The van der Waals surface area contributed by atoms with Crippen molar-refractivity contribution in [1.29, 1.82) is 0 Å². The van der Waals surface area contributed by atoms with E-state index in [0.717, 1.165) is 10.5 Å². The highest BCUT2D eigenvalue weighted by molar-refractivity contribution is 8.04. The third kappa shape index (κ3) is 4.82. The van der Waals surface area contributed by atoms with Gasteiger partial charge in [-0.3, -0.25) is 19.4 Å². The topological polar surface area (TPSA) is 156 Å². The number of ether oxygens (including phenoxy) is 1. The van der Waals surface area contributed by atoms with Gasteiger partial charge in [0.1, 0.15) is 12.1 Å². The molecule has 1 N–H and O–H groups in total. The average Bonchev–Trinajstić information content (AvgIpc) is 3.57. The lowest BCUT2D eigenvalue weighted by Crippen LogP contribution is -2.53. The number of fused-ring (bicyclic) bond motifs is 1. The summed E-state index contributed by atoms with van der Waals surface area (Å²) < 4.78 is 36.9. The smallest absolute Gasteiger partial charge is 0.415 e. The first-order chi connectivity index (χ1) is 16.7. The normalized spacial score (nSPS) is 20.9. The van der Waals surface area contributed by atoms with E-state index in [1.807, 2.05) is 6.92 Å². The van der Waals surface area contributed by atoms with Crippen LogP contribution < -0.4 is 10.1 Å².